The Kier molecular flexibility index (Phi) is 4.70. The predicted molar refractivity (Wildman–Crippen MR) is 122 cm³/mol. The summed E-state index contributed by atoms with van der Waals surface area (Å²) in [5, 5.41) is 0.621. The average Bonchev–Trinajstić information content (AvgIpc) is 3.04. The molecule has 3 aromatic carbocycles. The van der Waals surface area contributed by atoms with Crippen molar-refractivity contribution < 1.29 is 9.53 Å². The zero-order chi connectivity index (χ0) is 21.6. The van der Waals surface area contributed by atoms with Crippen LogP contribution in [0.4, 0.5) is 21.9 Å². The summed E-state index contributed by atoms with van der Waals surface area (Å²) in [6.07, 6.45) is 0. The number of benzene rings is 3. The van der Waals surface area contributed by atoms with Crippen molar-refractivity contribution in [1.29, 1.82) is 0 Å². The van der Waals surface area contributed by atoms with Crippen LogP contribution in [0.1, 0.15) is 17.2 Å². The molecule has 0 radical (unpaired) electrons. The molecule has 6 heteroatoms. The third-order valence-corrected chi connectivity index (χ3v) is 6.27. The Bertz CT molecular complexity index is 1180. The fraction of sp³-hybridized carbons (Fsp3) is 0.200. The lowest BCUT2D eigenvalue weighted by Crippen LogP contribution is -2.62. The normalized spacial score (nSPS) is 19.4. The molecule has 0 aliphatic carbocycles. The molecule has 5 nitrogen and oxygen atoms in total. The summed E-state index contributed by atoms with van der Waals surface area (Å²) in [7, 11) is 0. The quantitative estimate of drug-likeness (QED) is 0.468. The van der Waals surface area contributed by atoms with Gasteiger partial charge in [0.05, 0.1) is 25.8 Å². The maximum absolute atomic E-state index is 13.9. The molecule has 5 rings (SSSR count). The summed E-state index contributed by atoms with van der Waals surface area (Å²) in [6.45, 7) is 10.2. The molecule has 3 aromatic rings. The molecular formula is C25H20ClN3O2. The van der Waals surface area contributed by atoms with Crippen molar-refractivity contribution in [3.8, 4) is 0 Å². The monoisotopic (exact) mass is 429 g/mol. The Morgan fingerprint density at radius 3 is 2.29 bits per heavy atom. The largest absolute Gasteiger partial charge is 0.376 e. The molecule has 2 amide bonds. The molecule has 2 heterocycles. The fourth-order valence-electron chi connectivity index (χ4n) is 4.57. The minimum absolute atomic E-state index is 0.118. The molecule has 31 heavy (non-hydrogen) atoms. The van der Waals surface area contributed by atoms with Crippen molar-refractivity contribution in [2.45, 2.75) is 18.5 Å². The minimum atomic E-state index is -0.531. The van der Waals surface area contributed by atoms with E-state index in [0.717, 1.165) is 22.5 Å². The smallest absolute Gasteiger partial charge is 0.330 e. The molecule has 0 bridgehead atoms. The van der Waals surface area contributed by atoms with Crippen molar-refractivity contribution in [1.82, 2.24) is 0 Å². The maximum Gasteiger partial charge on any atom is 0.330 e. The van der Waals surface area contributed by atoms with Crippen molar-refractivity contribution in [3.05, 3.63) is 100 Å². The number of hydrogen-bond acceptors (Lipinski definition) is 2. The third kappa shape index (κ3) is 3.07. The first kappa shape index (κ1) is 19.6. The highest BCUT2D eigenvalue weighted by Gasteiger charge is 2.62. The number of halogens is 1. The molecule has 2 saturated heterocycles. The van der Waals surface area contributed by atoms with Crippen molar-refractivity contribution >= 4 is 34.7 Å². The number of anilines is 2. The molecular weight excluding hydrogens is 410 g/mol. The van der Waals surface area contributed by atoms with Gasteiger partial charge in [-0.05, 0) is 48.9 Å². The molecule has 2 fully saturated rings. The number of rotatable bonds is 3. The van der Waals surface area contributed by atoms with Gasteiger partial charge in [0, 0.05) is 16.4 Å². The number of aryl methyl sites for hydroxylation is 1. The van der Waals surface area contributed by atoms with E-state index in [2.05, 4.69) is 30.0 Å². The summed E-state index contributed by atoms with van der Waals surface area (Å²) in [5.74, 6) is 0. The first-order valence-electron chi connectivity index (χ1n) is 10.0. The number of ether oxygens (including phenoxy) is 1. The van der Waals surface area contributed by atoms with Crippen molar-refractivity contribution in [3.63, 3.8) is 0 Å². The summed E-state index contributed by atoms with van der Waals surface area (Å²) in [5.41, 5.74) is 3.74. The predicted octanol–water partition coefficient (Wildman–Crippen LogP) is 6.16. The molecule has 1 spiro atoms. The van der Waals surface area contributed by atoms with Crippen LogP contribution < -0.4 is 9.80 Å². The molecule has 2 aliphatic rings. The zero-order valence-corrected chi connectivity index (χ0v) is 17.7. The number of hydrogen-bond donors (Lipinski definition) is 0. The highest BCUT2D eigenvalue weighted by Crippen LogP contribution is 2.51. The van der Waals surface area contributed by atoms with Crippen LogP contribution in [0, 0.1) is 13.5 Å². The van der Waals surface area contributed by atoms with Gasteiger partial charge in [0.1, 0.15) is 5.54 Å². The van der Waals surface area contributed by atoms with E-state index < -0.39 is 5.54 Å². The number of urea groups is 1. The Labute approximate surface area is 186 Å². The van der Waals surface area contributed by atoms with Crippen molar-refractivity contribution in [2.24, 2.45) is 0 Å². The fourth-order valence-corrected chi connectivity index (χ4v) is 4.70. The van der Waals surface area contributed by atoms with Crippen molar-refractivity contribution in [2.75, 3.05) is 23.0 Å². The molecule has 1 unspecified atom stereocenters. The highest BCUT2D eigenvalue weighted by atomic mass is 35.5. The number of carbonyl (C=O) groups is 1. The molecule has 1 atom stereocenters. The van der Waals surface area contributed by atoms with Crippen LogP contribution in [0.25, 0.3) is 4.85 Å². The topological polar surface area (TPSA) is 37.1 Å². The van der Waals surface area contributed by atoms with E-state index in [4.69, 9.17) is 22.9 Å². The van der Waals surface area contributed by atoms with Crippen LogP contribution in [-0.2, 0) is 4.74 Å². The molecule has 2 aliphatic heterocycles. The summed E-state index contributed by atoms with van der Waals surface area (Å²) >= 11 is 6.11. The van der Waals surface area contributed by atoms with Gasteiger partial charge in [-0.25, -0.2) is 9.64 Å². The summed E-state index contributed by atoms with van der Waals surface area (Å²) < 4.78 is 5.70. The lowest BCUT2D eigenvalue weighted by atomic mass is 9.82. The summed E-state index contributed by atoms with van der Waals surface area (Å²) in [4.78, 5) is 21.1. The van der Waals surface area contributed by atoms with Crippen LogP contribution in [-0.4, -0.2) is 24.8 Å². The van der Waals surface area contributed by atoms with Gasteiger partial charge in [-0.2, -0.15) is 0 Å². The van der Waals surface area contributed by atoms with Gasteiger partial charge in [-0.15, -0.1) is 0 Å². The van der Waals surface area contributed by atoms with Gasteiger partial charge >= 0.3 is 6.03 Å². The number of nitrogens with zero attached hydrogens (tertiary/aromatic N) is 3. The van der Waals surface area contributed by atoms with E-state index in [0.29, 0.717) is 23.9 Å². The molecule has 0 aromatic heterocycles. The van der Waals surface area contributed by atoms with Gasteiger partial charge < -0.3 is 4.74 Å². The zero-order valence-electron chi connectivity index (χ0n) is 17.0. The number of carbonyl (C=O) groups excluding carboxylic acids is 1. The second-order valence-electron chi connectivity index (χ2n) is 8.01. The Balaban J connectivity index is 1.69. The van der Waals surface area contributed by atoms with Gasteiger partial charge in [0.2, 0.25) is 0 Å². The van der Waals surface area contributed by atoms with Gasteiger partial charge in [0.15, 0.2) is 5.69 Å². The lowest BCUT2D eigenvalue weighted by Gasteiger charge is -2.47. The van der Waals surface area contributed by atoms with E-state index in [1.54, 1.807) is 24.3 Å². The minimum Gasteiger partial charge on any atom is -0.376 e. The Morgan fingerprint density at radius 1 is 1.03 bits per heavy atom. The van der Waals surface area contributed by atoms with Gasteiger partial charge in [-0.3, -0.25) is 9.80 Å². The first-order valence-corrected chi connectivity index (χ1v) is 10.4. The van der Waals surface area contributed by atoms with Crippen LogP contribution in [0.2, 0.25) is 5.02 Å². The van der Waals surface area contributed by atoms with Crippen LogP contribution in [0.5, 0.6) is 0 Å². The standard InChI is InChI=1S/C25H20ClN3O2/c1-17-4-3-5-18(14-17)23-25(15-31-16-25)29(22-10-6-19(26)7-11-22)24(30)28(23)21-12-8-20(27-2)9-13-21/h3-14,23H,15-16H2,1H3. The highest BCUT2D eigenvalue weighted by molar-refractivity contribution is 6.30. The third-order valence-electron chi connectivity index (χ3n) is 6.01. The van der Waals surface area contributed by atoms with Gasteiger partial charge in [0.25, 0.3) is 0 Å². The summed E-state index contributed by atoms with van der Waals surface area (Å²) in [6, 6.07) is 22.4. The second-order valence-corrected chi connectivity index (χ2v) is 8.44. The molecule has 0 saturated carbocycles. The van der Waals surface area contributed by atoms with Crippen LogP contribution in [0.3, 0.4) is 0 Å². The second kappa shape index (κ2) is 7.42. The number of amides is 2. The van der Waals surface area contributed by atoms with Crippen LogP contribution >= 0.6 is 11.6 Å². The Morgan fingerprint density at radius 2 is 1.71 bits per heavy atom. The van der Waals surface area contributed by atoms with E-state index in [1.165, 1.54) is 0 Å². The maximum atomic E-state index is 13.9. The average molecular weight is 430 g/mol. The molecule has 154 valence electrons. The van der Waals surface area contributed by atoms with Crippen LogP contribution in [0.15, 0.2) is 72.8 Å². The van der Waals surface area contributed by atoms with Gasteiger partial charge in [-0.1, -0.05) is 53.6 Å². The van der Waals surface area contributed by atoms with E-state index in [9.17, 15) is 4.79 Å². The first-order chi connectivity index (χ1) is 15.0. The lowest BCUT2D eigenvalue weighted by molar-refractivity contribution is -0.0580. The Hall–Kier alpha value is -3.33. The van der Waals surface area contributed by atoms with E-state index in [-0.39, 0.29) is 12.1 Å². The molecule has 0 N–H and O–H groups in total. The van der Waals surface area contributed by atoms with E-state index >= 15 is 0 Å². The van der Waals surface area contributed by atoms with E-state index in [1.807, 2.05) is 40.1 Å². The SMILES string of the molecule is [C-]#[N+]c1ccc(N2C(=O)N(c3ccc(Cl)cc3)C3(COC3)C2c2cccc(C)c2)cc1.